The number of benzene rings is 2. The maximum Gasteiger partial charge on any atom is 0.329 e. The summed E-state index contributed by atoms with van der Waals surface area (Å²) in [6, 6.07) is 14.9. The fraction of sp³-hybridized carbons (Fsp3) is 0.623. The van der Waals surface area contributed by atoms with E-state index < -0.39 is 64.8 Å². The molecule has 2 rings (SSSR count). The summed E-state index contributed by atoms with van der Waals surface area (Å²) in [5.41, 5.74) is 5.00. The Morgan fingerprint density at radius 2 is 1.03 bits per heavy atom. The molecule has 0 spiro atoms. The Morgan fingerprint density at radius 1 is 0.536 bits per heavy atom. The zero-order valence-electron chi connectivity index (χ0n) is 42.7. The van der Waals surface area contributed by atoms with Crippen molar-refractivity contribution in [2.75, 3.05) is 13.1 Å². The van der Waals surface area contributed by atoms with E-state index in [4.69, 9.17) is 19.9 Å². The molecular weight excluding hydrogens is 883 g/mol. The van der Waals surface area contributed by atoms with Crippen LogP contribution in [0, 0.1) is 5.92 Å². The summed E-state index contributed by atoms with van der Waals surface area (Å²) < 4.78 is 16.3. The minimum absolute atomic E-state index is 0.0230. The number of ketones is 2. The van der Waals surface area contributed by atoms with E-state index in [9.17, 15) is 38.4 Å². The first-order chi connectivity index (χ1) is 32.3. The smallest absolute Gasteiger partial charge is 0.329 e. The lowest BCUT2D eigenvalue weighted by atomic mass is 9.90. The number of hydrogen-bond acceptors (Lipinski definition) is 12. The number of amides is 4. The number of esters is 3. The van der Waals surface area contributed by atoms with Gasteiger partial charge in [0.15, 0.2) is 5.78 Å². The van der Waals surface area contributed by atoms with Gasteiger partial charge in [0.25, 0.3) is 0 Å². The Labute approximate surface area is 410 Å². The molecule has 0 heterocycles. The molecule has 0 saturated heterocycles. The molecule has 6 N–H and O–H groups in total. The topological polar surface area (TPSA) is 238 Å². The normalized spacial score (nSPS) is 13.4. The van der Waals surface area contributed by atoms with Crippen molar-refractivity contribution in [1.82, 2.24) is 21.3 Å². The number of hydrogen-bond donors (Lipinski definition) is 5. The van der Waals surface area contributed by atoms with Crippen LogP contribution in [0.4, 0.5) is 4.79 Å². The van der Waals surface area contributed by atoms with Gasteiger partial charge < -0.3 is 41.2 Å². The highest BCUT2D eigenvalue weighted by Crippen LogP contribution is 2.19. The summed E-state index contributed by atoms with van der Waals surface area (Å²) in [7, 11) is 0. The highest BCUT2D eigenvalue weighted by Gasteiger charge is 2.32. The Balaban J connectivity index is 1.89. The van der Waals surface area contributed by atoms with Crippen LogP contribution in [0.2, 0.25) is 0 Å². The molecule has 0 fully saturated rings. The van der Waals surface area contributed by atoms with Crippen molar-refractivity contribution >= 4 is 47.3 Å². The third-order valence-corrected chi connectivity index (χ3v) is 10.4. The number of carbonyl (C=O) groups is 8. The minimum atomic E-state index is -1.25. The molecule has 16 heteroatoms. The number of Topliss-reactive ketones (excluding diaryl/α,β-unsaturated/α-hetero) is 2. The summed E-state index contributed by atoms with van der Waals surface area (Å²) in [6.45, 7) is 15.9. The first-order valence-corrected chi connectivity index (χ1v) is 24.5. The quantitative estimate of drug-likeness (QED) is 0.0305. The van der Waals surface area contributed by atoms with Crippen LogP contribution in [-0.4, -0.2) is 95.3 Å². The Kier molecular flexibility index (Phi) is 25.9. The van der Waals surface area contributed by atoms with E-state index in [0.29, 0.717) is 51.6 Å². The second-order valence-corrected chi connectivity index (χ2v) is 20.6. The van der Waals surface area contributed by atoms with Gasteiger partial charge in [-0.1, -0.05) is 79.9 Å². The number of rotatable bonds is 30. The average molecular weight is 964 g/mol. The number of carbonyl (C=O) groups excluding carboxylic acids is 8. The molecule has 0 aliphatic heterocycles. The average Bonchev–Trinajstić information content (AvgIpc) is 3.24. The van der Waals surface area contributed by atoms with Crippen molar-refractivity contribution in [3.05, 3.63) is 71.8 Å². The van der Waals surface area contributed by atoms with E-state index in [1.54, 1.807) is 62.3 Å². The summed E-state index contributed by atoms with van der Waals surface area (Å²) in [5.74, 6) is -3.51. The Bertz CT molecular complexity index is 1940. The Morgan fingerprint density at radius 3 is 1.55 bits per heavy atom. The van der Waals surface area contributed by atoms with E-state index in [2.05, 4.69) is 21.3 Å². The molecule has 0 aliphatic carbocycles. The molecule has 4 amide bonds. The summed E-state index contributed by atoms with van der Waals surface area (Å²) >= 11 is 0. The van der Waals surface area contributed by atoms with Crippen molar-refractivity contribution in [3.8, 4) is 0 Å². The summed E-state index contributed by atoms with van der Waals surface area (Å²) in [5, 5.41) is 10.9. The van der Waals surface area contributed by atoms with Crippen LogP contribution < -0.4 is 27.0 Å². The molecule has 69 heavy (non-hydrogen) atoms. The highest BCUT2D eigenvalue weighted by atomic mass is 16.6. The molecule has 4 atom stereocenters. The van der Waals surface area contributed by atoms with Gasteiger partial charge in [0.2, 0.25) is 11.8 Å². The van der Waals surface area contributed by atoms with Gasteiger partial charge in [-0.15, -0.1) is 0 Å². The van der Waals surface area contributed by atoms with Crippen molar-refractivity contribution < 1.29 is 52.6 Å². The van der Waals surface area contributed by atoms with Crippen molar-refractivity contribution in [3.63, 3.8) is 0 Å². The number of urea groups is 1. The lowest BCUT2D eigenvalue weighted by molar-refractivity contribution is -0.159. The predicted octanol–water partition coefficient (Wildman–Crippen LogP) is 6.92. The van der Waals surface area contributed by atoms with E-state index >= 15 is 0 Å². The van der Waals surface area contributed by atoms with Gasteiger partial charge in [0.05, 0.1) is 6.04 Å². The fourth-order valence-corrected chi connectivity index (χ4v) is 7.19. The van der Waals surface area contributed by atoms with Gasteiger partial charge >= 0.3 is 23.9 Å². The molecule has 0 aromatic heterocycles. The SMILES string of the molecule is CC(C)(C)OC(=O)CC[C@H](NC(=O)N[C@@H](CCC(=O)NCCCCCCCC(=O)C[C@@H](Cc1ccccc1)C(=O)N[C@@H](Cc1ccccc1)C(=O)CCCN)C(=O)OC(C)(C)C)C(=O)OC(C)(C)C. The molecule has 384 valence electrons. The second-order valence-electron chi connectivity index (χ2n) is 20.6. The van der Waals surface area contributed by atoms with Gasteiger partial charge in [-0.05, 0) is 125 Å². The standard InChI is InChI=1S/C53H81N5O11/c1-51(2,3)67-46(62)31-29-42(49(65)69-53(7,8)9)58-50(66)57-41(48(64)68-52(4,5)6)28-30-45(61)55-33-20-12-10-11-19-26-40(59)36-39(34-37-22-15-13-16-23-37)47(63)56-43(44(60)27-21-32-54)35-38-24-17-14-18-25-38/h13-18,22-25,39,41-43H,10-12,19-21,26-36,54H2,1-9H3,(H,55,61)(H,56,63)(H2,57,58,66)/t39-,41+,42+,43+/m1/s1. The molecule has 0 aliphatic rings. The van der Waals surface area contributed by atoms with Crippen LogP contribution in [0.15, 0.2) is 60.7 Å². The number of ether oxygens (including phenoxy) is 3. The third kappa shape index (κ3) is 27.8. The summed E-state index contributed by atoms with van der Waals surface area (Å²) in [6.07, 6.45) is 5.07. The predicted molar refractivity (Wildman–Crippen MR) is 265 cm³/mol. The van der Waals surface area contributed by atoms with Crippen LogP contribution in [-0.2, 0) is 60.6 Å². The van der Waals surface area contributed by atoms with Gasteiger partial charge in [-0.2, -0.15) is 0 Å². The zero-order valence-corrected chi connectivity index (χ0v) is 42.7. The first-order valence-electron chi connectivity index (χ1n) is 24.5. The van der Waals surface area contributed by atoms with Gasteiger partial charge in [-0.3, -0.25) is 24.0 Å². The van der Waals surface area contributed by atoms with Gasteiger partial charge in [0.1, 0.15) is 34.7 Å². The molecule has 0 unspecified atom stereocenters. The maximum atomic E-state index is 13.8. The zero-order chi connectivity index (χ0) is 51.6. The minimum Gasteiger partial charge on any atom is -0.460 e. The van der Waals surface area contributed by atoms with Crippen LogP contribution in [0.3, 0.4) is 0 Å². The molecule has 2 aromatic carbocycles. The third-order valence-electron chi connectivity index (χ3n) is 10.4. The lowest BCUT2D eigenvalue weighted by Gasteiger charge is -2.27. The largest absolute Gasteiger partial charge is 0.460 e. The van der Waals surface area contributed by atoms with Crippen molar-refractivity contribution in [1.29, 1.82) is 0 Å². The molecule has 0 saturated carbocycles. The van der Waals surface area contributed by atoms with Crippen molar-refractivity contribution in [2.45, 2.75) is 194 Å². The van der Waals surface area contributed by atoms with Crippen LogP contribution in [0.5, 0.6) is 0 Å². The molecular formula is C53H81N5O11. The summed E-state index contributed by atoms with van der Waals surface area (Å²) in [4.78, 5) is 105. The highest BCUT2D eigenvalue weighted by molar-refractivity contribution is 5.92. The number of nitrogens with one attached hydrogen (secondary N) is 4. The van der Waals surface area contributed by atoms with Gasteiger partial charge in [-0.25, -0.2) is 14.4 Å². The first kappa shape index (κ1) is 59.5. The van der Waals surface area contributed by atoms with Gasteiger partial charge in [0, 0.05) is 44.6 Å². The number of unbranched alkanes of at least 4 members (excludes halogenated alkanes) is 4. The van der Waals surface area contributed by atoms with Crippen molar-refractivity contribution in [2.24, 2.45) is 11.7 Å². The monoisotopic (exact) mass is 964 g/mol. The van der Waals surface area contributed by atoms with E-state index in [-0.39, 0.29) is 61.9 Å². The van der Waals surface area contributed by atoms with Crippen LogP contribution >= 0.6 is 0 Å². The van der Waals surface area contributed by atoms with Crippen LogP contribution in [0.25, 0.3) is 0 Å². The maximum absolute atomic E-state index is 13.8. The van der Waals surface area contributed by atoms with Crippen LogP contribution in [0.1, 0.15) is 157 Å². The molecule has 0 radical (unpaired) electrons. The number of nitrogens with two attached hydrogens (primary N) is 1. The second kappa shape index (κ2) is 30.1. The Hall–Kier alpha value is -5.64. The van der Waals surface area contributed by atoms with E-state index in [1.165, 1.54) is 0 Å². The lowest BCUT2D eigenvalue weighted by Crippen LogP contribution is -2.53. The molecule has 0 bridgehead atoms. The molecule has 16 nitrogen and oxygen atoms in total. The van der Waals surface area contributed by atoms with E-state index in [1.807, 2.05) is 60.7 Å². The van der Waals surface area contributed by atoms with E-state index in [0.717, 1.165) is 30.4 Å². The fourth-order valence-electron chi connectivity index (χ4n) is 7.19. The molecule has 2 aromatic rings.